The van der Waals surface area contributed by atoms with Crippen LogP contribution in [0.2, 0.25) is 0 Å². The molecule has 2 N–H and O–H groups in total. The molecular formula is C9H18BrNO2. The maximum atomic E-state index is 11.1. The summed E-state index contributed by atoms with van der Waals surface area (Å²) in [6.07, 6.45) is 0.599. The van der Waals surface area contributed by atoms with Crippen molar-refractivity contribution < 1.29 is 9.90 Å². The maximum absolute atomic E-state index is 11.1. The van der Waals surface area contributed by atoms with Crippen LogP contribution in [0.1, 0.15) is 27.2 Å². The van der Waals surface area contributed by atoms with E-state index in [9.17, 15) is 4.79 Å². The zero-order chi connectivity index (χ0) is 10.5. The second-order valence-electron chi connectivity index (χ2n) is 4.13. The molecule has 0 fully saturated rings. The highest BCUT2D eigenvalue weighted by Crippen LogP contribution is 2.21. The highest BCUT2D eigenvalue weighted by molar-refractivity contribution is 9.09. The lowest BCUT2D eigenvalue weighted by Gasteiger charge is -2.30. The summed E-state index contributed by atoms with van der Waals surface area (Å²) in [7, 11) is 0. The molecule has 0 saturated heterocycles. The molecule has 13 heavy (non-hydrogen) atoms. The van der Waals surface area contributed by atoms with Crippen LogP contribution in [0.4, 0.5) is 0 Å². The van der Waals surface area contributed by atoms with Gasteiger partial charge in [0, 0.05) is 12.6 Å². The van der Waals surface area contributed by atoms with Crippen LogP contribution >= 0.6 is 15.9 Å². The van der Waals surface area contributed by atoms with Crippen molar-refractivity contribution in [2.45, 2.75) is 33.2 Å². The molecule has 0 aliphatic rings. The van der Waals surface area contributed by atoms with Crippen molar-refractivity contribution in [2.75, 3.05) is 11.9 Å². The van der Waals surface area contributed by atoms with Crippen LogP contribution in [0.15, 0.2) is 0 Å². The summed E-state index contributed by atoms with van der Waals surface area (Å²) >= 11 is 3.09. The Morgan fingerprint density at radius 1 is 1.54 bits per heavy atom. The first-order valence-corrected chi connectivity index (χ1v) is 5.50. The number of hydrogen-bond acceptors (Lipinski definition) is 2. The third-order valence-corrected chi connectivity index (χ3v) is 2.43. The van der Waals surface area contributed by atoms with Gasteiger partial charge in [-0.15, -0.1) is 0 Å². The molecule has 0 aromatic heterocycles. The van der Waals surface area contributed by atoms with Gasteiger partial charge in [0.05, 0.1) is 5.33 Å². The number of alkyl halides is 1. The number of aliphatic hydroxyl groups is 1. The molecule has 3 nitrogen and oxygen atoms in total. The predicted molar refractivity (Wildman–Crippen MR) is 56.9 cm³/mol. The number of halogens is 1. The Bertz CT molecular complexity index is 165. The van der Waals surface area contributed by atoms with Gasteiger partial charge in [0.15, 0.2) is 0 Å². The van der Waals surface area contributed by atoms with Gasteiger partial charge in [-0.3, -0.25) is 4.79 Å². The quantitative estimate of drug-likeness (QED) is 0.741. The SMILES string of the molecule is CC(C)(C)C(CCO)NC(=O)CBr. The zero-order valence-electron chi connectivity index (χ0n) is 8.43. The highest BCUT2D eigenvalue weighted by Gasteiger charge is 2.25. The Morgan fingerprint density at radius 2 is 2.08 bits per heavy atom. The highest BCUT2D eigenvalue weighted by atomic mass is 79.9. The zero-order valence-corrected chi connectivity index (χ0v) is 10.0. The maximum Gasteiger partial charge on any atom is 0.230 e. The number of rotatable bonds is 4. The van der Waals surface area contributed by atoms with Gasteiger partial charge in [0.2, 0.25) is 5.91 Å². The minimum Gasteiger partial charge on any atom is -0.396 e. The number of hydrogen-bond donors (Lipinski definition) is 2. The largest absolute Gasteiger partial charge is 0.396 e. The van der Waals surface area contributed by atoms with Crippen molar-refractivity contribution in [2.24, 2.45) is 5.41 Å². The summed E-state index contributed by atoms with van der Waals surface area (Å²) < 4.78 is 0. The Balaban J connectivity index is 4.18. The minimum absolute atomic E-state index is 0.0133. The van der Waals surface area contributed by atoms with Crippen LogP contribution in [-0.2, 0) is 4.79 Å². The summed E-state index contributed by atoms with van der Waals surface area (Å²) in [5.41, 5.74) is -0.0133. The average molecular weight is 252 g/mol. The molecule has 0 bridgehead atoms. The fraction of sp³-hybridized carbons (Fsp3) is 0.889. The molecule has 0 aliphatic carbocycles. The fourth-order valence-corrected chi connectivity index (χ4v) is 1.25. The molecule has 4 heteroatoms. The van der Waals surface area contributed by atoms with Crippen molar-refractivity contribution in [3.8, 4) is 0 Å². The molecule has 1 atom stereocenters. The number of aliphatic hydroxyl groups excluding tert-OH is 1. The number of amides is 1. The van der Waals surface area contributed by atoms with Gasteiger partial charge in [-0.25, -0.2) is 0 Å². The molecule has 1 amide bonds. The Labute approximate surface area is 88.0 Å². The van der Waals surface area contributed by atoms with Crippen LogP contribution in [0, 0.1) is 5.41 Å². The molecule has 0 saturated carbocycles. The van der Waals surface area contributed by atoms with E-state index >= 15 is 0 Å². The van der Waals surface area contributed by atoms with Crippen molar-refractivity contribution in [3.63, 3.8) is 0 Å². The van der Waals surface area contributed by atoms with Crippen LogP contribution < -0.4 is 5.32 Å². The fourth-order valence-electron chi connectivity index (χ4n) is 1.08. The molecule has 0 rings (SSSR count). The second kappa shape index (κ2) is 5.60. The van der Waals surface area contributed by atoms with Gasteiger partial charge < -0.3 is 10.4 Å². The smallest absolute Gasteiger partial charge is 0.230 e. The van der Waals surface area contributed by atoms with E-state index in [-0.39, 0.29) is 24.0 Å². The van der Waals surface area contributed by atoms with Crippen molar-refractivity contribution in [1.82, 2.24) is 5.32 Å². The van der Waals surface area contributed by atoms with Crippen molar-refractivity contribution in [1.29, 1.82) is 0 Å². The van der Waals surface area contributed by atoms with Crippen molar-refractivity contribution >= 4 is 21.8 Å². The second-order valence-corrected chi connectivity index (χ2v) is 4.69. The molecule has 78 valence electrons. The lowest BCUT2D eigenvalue weighted by atomic mass is 9.85. The first-order valence-electron chi connectivity index (χ1n) is 4.38. The molecule has 0 aliphatic heterocycles. The van der Waals surface area contributed by atoms with E-state index in [4.69, 9.17) is 5.11 Å². The van der Waals surface area contributed by atoms with Crippen LogP contribution in [0.5, 0.6) is 0 Å². The first-order chi connectivity index (χ1) is 5.91. The van der Waals surface area contributed by atoms with E-state index in [1.165, 1.54) is 0 Å². The lowest BCUT2D eigenvalue weighted by Crippen LogP contribution is -2.44. The molecule has 0 spiro atoms. The number of carbonyl (C=O) groups is 1. The van der Waals surface area contributed by atoms with Gasteiger partial charge in [-0.05, 0) is 11.8 Å². The van der Waals surface area contributed by atoms with Crippen molar-refractivity contribution in [3.05, 3.63) is 0 Å². The summed E-state index contributed by atoms with van der Waals surface area (Å²) in [6.45, 7) is 6.23. The topological polar surface area (TPSA) is 49.3 Å². The van der Waals surface area contributed by atoms with E-state index in [0.717, 1.165) is 0 Å². The Hall–Kier alpha value is -0.0900. The summed E-state index contributed by atoms with van der Waals surface area (Å²) in [4.78, 5) is 11.1. The molecule has 0 aromatic carbocycles. The van der Waals surface area contributed by atoms with E-state index in [1.54, 1.807) is 0 Å². The number of carbonyl (C=O) groups excluding carboxylic acids is 1. The molecule has 1 unspecified atom stereocenters. The monoisotopic (exact) mass is 251 g/mol. The first kappa shape index (κ1) is 12.9. The average Bonchev–Trinajstić information content (AvgIpc) is 2.01. The van der Waals surface area contributed by atoms with E-state index in [2.05, 4.69) is 21.2 Å². The minimum atomic E-state index is -0.0339. The van der Waals surface area contributed by atoms with Crippen LogP contribution in [-0.4, -0.2) is 29.0 Å². The Morgan fingerprint density at radius 3 is 2.38 bits per heavy atom. The molecule has 0 aromatic rings. The summed E-state index contributed by atoms with van der Waals surface area (Å²) in [6, 6.07) is 0.0301. The van der Waals surface area contributed by atoms with E-state index in [1.807, 2.05) is 20.8 Å². The molecule has 0 radical (unpaired) electrons. The standard InChI is InChI=1S/C9H18BrNO2/c1-9(2,3)7(4-5-12)11-8(13)6-10/h7,12H,4-6H2,1-3H3,(H,11,13). The third kappa shape index (κ3) is 5.26. The summed E-state index contributed by atoms with van der Waals surface area (Å²) in [5, 5.41) is 12.0. The molecular weight excluding hydrogens is 234 g/mol. The third-order valence-electron chi connectivity index (χ3n) is 1.92. The predicted octanol–water partition coefficient (Wildman–Crippen LogP) is 1.29. The van der Waals surface area contributed by atoms with Gasteiger partial charge >= 0.3 is 0 Å². The van der Waals surface area contributed by atoms with Gasteiger partial charge in [-0.1, -0.05) is 36.7 Å². The van der Waals surface area contributed by atoms with E-state index in [0.29, 0.717) is 11.8 Å². The molecule has 0 heterocycles. The van der Waals surface area contributed by atoms with Gasteiger partial charge in [-0.2, -0.15) is 0 Å². The normalized spacial score (nSPS) is 13.9. The number of nitrogens with one attached hydrogen (secondary N) is 1. The van der Waals surface area contributed by atoms with E-state index < -0.39 is 0 Å². The van der Waals surface area contributed by atoms with Gasteiger partial charge in [0.25, 0.3) is 0 Å². The van der Waals surface area contributed by atoms with Crippen LogP contribution in [0.3, 0.4) is 0 Å². The summed E-state index contributed by atoms with van der Waals surface area (Å²) in [5.74, 6) is -0.0339. The van der Waals surface area contributed by atoms with Crippen LogP contribution in [0.25, 0.3) is 0 Å². The Kier molecular flexibility index (Phi) is 5.56. The lowest BCUT2D eigenvalue weighted by molar-refractivity contribution is -0.120. The van der Waals surface area contributed by atoms with Gasteiger partial charge in [0.1, 0.15) is 0 Å².